The number of aliphatic hydroxyl groups excluding tert-OH is 1. The van der Waals surface area contributed by atoms with Crippen molar-refractivity contribution in [2.45, 2.75) is 25.8 Å². The maximum Gasteiger partial charge on any atom is 0.321 e. The third-order valence-corrected chi connectivity index (χ3v) is 3.96. The van der Waals surface area contributed by atoms with Crippen molar-refractivity contribution >= 4 is 11.7 Å². The van der Waals surface area contributed by atoms with Crippen LogP contribution in [-0.4, -0.2) is 35.7 Å². The number of nitrogens with zero attached hydrogens (tertiary/aromatic N) is 1. The second-order valence-electron chi connectivity index (χ2n) is 5.77. The number of amides is 2. The van der Waals surface area contributed by atoms with E-state index in [4.69, 9.17) is 5.11 Å². The lowest BCUT2D eigenvalue weighted by molar-refractivity contribution is 0.189. The van der Waals surface area contributed by atoms with Crippen molar-refractivity contribution < 1.29 is 9.90 Å². The third-order valence-electron chi connectivity index (χ3n) is 3.96. The summed E-state index contributed by atoms with van der Waals surface area (Å²) in [6.07, 6.45) is 1.40. The number of nitrogens with one attached hydrogen (secondary N) is 1. The summed E-state index contributed by atoms with van der Waals surface area (Å²) in [6, 6.07) is 18.0. The highest BCUT2D eigenvalue weighted by Crippen LogP contribution is 2.15. The Morgan fingerprint density at radius 2 is 1.83 bits per heavy atom. The number of urea groups is 1. The Labute approximate surface area is 137 Å². The molecule has 0 radical (unpaired) electrons. The van der Waals surface area contributed by atoms with Crippen LogP contribution in [-0.2, 0) is 6.42 Å². The summed E-state index contributed by atoms with van der Waals surface area (Å²) in [7, 11) is 1.74. The van der Waals surface area contributed by atoms with Crippen molar-refractivity contribution in [2.75, 3.05) is 19.0 Å². The molecule has 0 saturated heterocycles. The molecule has 0 heterocycles. The van der Waals surface area contributed by atoms with Gasteiger partial charge in [-0.05, 0) is 43.0 Å². The molecule has 1 atom stereocenters. The molecule has 0 saturated carbocycles. The number of anilines is 1. The van der Waals surface area contributed by atoms with Gasteiger partial charge in [0.2, 0.25) is 0 Å². The average Bonchev–Trinajstić information content (AvgIpc) is 2.55. The minimum atomic E-state index is -0.164. The molecule has 0 fully saturated rings. The summed E-state index contributed by atoms with van der Waals surface area (Å²) in [4.78, 5) is 13.8. The molecule has 23 heavy (non-hydrogen) atoms. The van der Waals surface area contributed by atoms with Crippen molar-refractivity contribution in [2.24, 2.45) is 0 Å². The Balaban J connectivity index is 2.01. The number of rotatable bonds is 6. The Morgan fingerprint density at radius 3 is 2.52 bits per heavy atom. The number of benzene rings is 2. The molecule has 4 heteroatoms. The molecule has 0 aliphatic heterocycles. The predicted octanol–water partition coefficient (Wildman–Crippen LogP) is 3.51. The van der Waals surface area contributed by atoms with Gasteiger partial charge in [0.15, 0.2) is 0 Å². The smallest absolute Gasteiger partial charge is 0.321 e. The van der Waals surface area contributed by atoms with E-state index >= 15 is 0 Å². The largest absolute Gasteiger partial charge is 0.396 e. The van der Waals surface area contributed by atoms with Gasteiger partial charge >= 0.3 is 6.03 Å². The van der Waals surface area contributed by atoms with Crippen LogP contribution in [0, 0.1) is 0 Å². The van der Waals surface area contributed by atoms with Crippen LogP contribution >= 0.6 is 0 Å². The predicted molar refractivity (Wildman–Crippen MR) is 93.6 cm³/mol. The van der Waals surface area contributed by atoms with E-state index in [1.807, 2.05) is 43.3 Å². The van der Waals surface area contributed by atoms with E-state index < -0.39 is 0 Å². The van der Waals surface area contributed by atoms with Crippen LogP contribution in [0.25, 0.3) is 0 Å². The van der Waals surface area contributed by atoms with E-state index in [9.17, 15) is 4.79 Å². The first kappa shape index (κ1) is 17.0. The van der Waals surface area contributed by atoms with Gasteiger partial charge in [0, 0.05) is 25.4 Å². The van der Waals surface area contributed by atoms with E-state index in [1.165, 1.54) is 5.56 Å². The third kappa shape index (κ3) is 5.11. The molecule has 2 aromatic carbocycles. The molecule has 2 aromatic rings. The lowest BCUT2D eigenvalue weighted by Gasteiger charge is -2.24. The quantitative estimate of drug-likeness (QED) is 0.857. The van der Waals surface area contributed by atoms with Crippen molar-refractivity contribution in [1.29, 1.82) is 0 Å². The van der Waals surface area contributed by atoms with E-state index in [1.54, 1.807) is 11.9 Å². The van der Waals surface area contributed by atoms with E-state index in [0.29, 0.717) is 6.42 Å². The Kier molecular flexibility index (Phi) is 6.18. The summed E-state index contributed by atoms with van der Waals surface area (Å²) in [5, 5.41) is 11.9. The highest BCUT2D eigenvalue weighted by Gasteiger charge is 2.15. The minimum absolute atomic E-state index is 0.00694. The molecule has 0 aliphatic carbocycles. The first-order chi connectivity index (χ1) is 11.1. The van der Waals surface area contributed by atoms with Gasteiger partial charge in [-0.3, -0.25) is 0 Å². The summed E-state index contributed by atoms with van der Waals surface area (Å²) in [6.45, 7) is 1.99. The number of hydrogen-bond acceptors (Lipinski definition) is 2. The second-order valence-corrected chi connectivity index (χ2v) is 5.77. The van der Waals surface area contributed by atoms with Crippen LogP contribution in [0.1, 0.15) is 24.5 Å². The summed E-state index contributed by atoms with van der Waals surface area (Å²) < 4.78 is 0. The molecular formula is C19H24N2O2. The fourth-order valence-electron chi connectivity index (χ4n) is 2.38. The molecule has 122 valence electrons. The minimum Gasteiger partial charge on any atom is -0.396 e. The van der Waals surface area contributed by atoms with Crippen molar-refractivity contribution in [1.82, 2.24) is 4.90 Å². The fraction of sp³-hybridized carbons (Fsp3) is 0.316. The Hall–Kier alpha value is -2.33. The summed E-state index contributed by atoms with van der Waals surface area (Å²) in [5.41, 5.74) is 3.18. The maximum atomic E-state index is 12.2. The first-order valence-electron chi connectivity index (χ1n) is 7.87. The normalized spacial score (nSPS) is 11.8. The summed E-state index contributed by atoms with van der Waals surface area (Å²) >= 11 is 0. The monoisotopic (exact) mass is 312 g/mol. The highest BCUT2D eigenvalue weighted by atomic mass is 16.3. The lowest BCUT2D eigenvalue weighted by atomic mass is 10.0. The van der Waals surface area contributed by atoms with Crippen LogP contribution < -0.4 is 5.32 Å². The van der Waals surface area contributed by atoms with Crippen LogP contribution in [0.2, 0.25) is 0 Å². The van der Waals surface area contributed by atoms with Crippen molar-refractivity contribution in [3.8, 4) is 0 Å². The zero-order valence-electron chi connectivity index (χ0n) is 13.7. The highest BCUT2D eigenvalue weighted by molar-refractivity contribution is 5.89. The van der Waals surface area contributed by atoms with E-state index in [2.05, 4.69) is 23.5 Å². The van der Waals surface area contributed by atoms with Gasteiger partial charge in [0.1, 0.15) is 0 Å². The number of hydrogen-bond donors (Lipinski definition) is 2. The molecule has 2 N–H and O–H groups in total. The van der Waals surface area contributed by atoms with Gasteiger partial charge in [-0.1, -0.05) is 42.5 Å². The van der Waals surface area contributed by atoms with Crippen LogP contribution in [0.15, 0.2) is 54.6 Å². The van der Waals surface area contributed by atoms with Crippen LogP contribution in [0.5, 0.6) is 0 Å². The SMILES string of the molecule is C[C@H](CCO)N(C)C(=O)Nc1cccc(Cc2ccccc2)c1. The molecule has 0 bridgehead atoms. The molecule has 0 aliphatic rings. The van der Waals surface area contributed by atoms with E-state index in [0.717, 1.165) is 17.7 Å². The Bertz CT molecular complexity index is 628. The molecule has 2 rings (SSSR count). The zero-order chi connectivity index (χ0) is 16.7. The van der Waals surface area contributed by atoms with Gasteiger partial charge in [0.05, 0.1) is 0 Å². The summed E-state index contributed by atoms with van der Waals surface area (Å²) in [5.74, 6) is 0. The molecule has 4 nitrogen and oxygen atoms in total. The lowest BCUT2D eigenvalue weighted by Crippen LogP contribution is -2.38. The van der Waals surface area contributed by atoms with Crippen molar-refractivity contribution in [3.05, 3.63) is 65.7 Å². The van der Waals surface area contributed by atoms with Gasteiger partial charge in [-0.25, -0.2) is 4.79 Å². The van der Waals surface area contributed by atoms with Crippen molar-refractivity contribution in [3.63, 3.8) is 0 Å². The van der Waals surface area contributed by atoms with Crippen LogP contribution in [0.3, 0.4) is 0 Å². The standard InChI is InChI=1S/C19H24N2O2/c1-15(11-12-22)21(2)19(23)20-18-10-6-9-17(14-18)13-16-7-4-3-5-8-16/h3-10,14-15,22H,11-13H2,1-2H3,(H,20,23)/t15-/m1/s1. The van der Waals surface area contributed by atoms with Crippen LogP contribution in [0.4, 0.5) is 10.5 Å². The molecule has 0 aromatic heterocycles. The fourth-order valence-corrected chi connectivity index (χ4v) is 2.38. The first-order valence-corrected chi connectivity index (χ1v) is 7.87. The molecule has 0 spiro atoms. The molecule has 2 amide bonds. The number of aliphatic hydroxyl groups is 1. The zero-order valence-corrected chi connectivity index (χ0v) is 13.7. The number of carbonyl (C=O) groups excluding carboxylic acids is 1. The van der Waals surface area contributed by atoms with Gasteiger partial charge in [-0.2, -0.15) is 0 Å². The van der Waals surface area contributed by atoms with Gasteiger partial charge in [0.25, 0.3) is 0 Å². The molecular weight excluding hydrogens is 288 g/mol. The average molecular weight is 312 g/mol. The maximum absolute atomic E-state index is 12.2. The van der Waals surface area contributed by atoms with Gasteiger partial charge < -0.3 is 15.3 Å². The van der Waals surface area contributed by atoms with Gasteiger partial charge in [-0.15, -0.1) is 0 Å². The Morgan fingerprint density at radius 1 is 1.13 bits per heavy atom. The van der Waals surface area contributed by atoms with E-state index in [-0.39, 0.29) is 18.7 Å². The second kappa shape index (κ2) is 8.34. The topological polar surface area (TPSA) is 52.6 Å². The molecule has 0 unspecified atom stereocenters. The number of carbonyl (C=O) groups is 1.